The van der Waals surface area contributed by atoms with Gasteiger partial charge >= 0.3 is 0 Å². The quantitative estimate of drug-likeness (QED) is 0.854. The SMILES string of the molecule is CS(=O)(=O)c1cccc2c1CCCN2C(=O)COc1ccccc1. The number of rotatable bonds is 4. The number of carbonyl (C=O) groups is 1. The smallest absolute Gasteiger partial charge is 0.264 e. The van der Waals surface area contributed by atoms with E-state index in [1.807, 2.05) is 18.2 Å². The van der Waals surface area contributed by atoms with Crippen molar-refractivity contribution in [3.63, 3.8) is 0 Å². The Morgan fingerprint density at radius 2 is 1.88 bits per heavy atom. The first-order chi connectivity index (χ1) is 11.5. The van der Waals surface area contributed by atoms with Crippen molar-refractivity contribution in [3.8, 4) is 5.75 Å². The van der Waals surface area contributed by atoms with Crippen LogP contribution in [0.3, 0.4) is 0 Å². The Morgan fingerprint density at radius 3 is 2.58 bits per heavy atom. The van der Waals surface area contributed by atoms with Gasteiger partial charge in [0, 0.05) is 18.5 Å². The van der Waals surface area contributed by atoms with Gasteiger partial charge in [-0.05, 0) is 42.7 Å². The highest BCUT2D eigenvalue weighted by atomic mass is 32.2. The summed E-state index contributed by atoms with van der Waals surface area (Å²) in [5, 5.41) is 0. The lowest BCUT2D eigenvalue weighted by atomic mass is 10.0. The minimum absolute atomic E-state index is 0.0768. The lowest BCUT2D eigenvalue weighted by Crippen LogP contribution is -2.39. The maximum Gasteiger partial charge on any atom is 0.264 e. The fourth-order valence-electron chi connectivity index (χ4n) is 2.94. The Labute approximate surface area is 141 Å². The van der Waals surface area contributed by atoms with Crippen LogP contribution in [0.1, 0.15) is 12.0 Å². The lowest BCUT2D eigenvalue weighted by Gasteiger charge is -2.30. The van der Waals surface area contributed by atoms with Gasteiger partial charge < -0.3 is 9.64 Å². The van der Waals surface area contributed by atoms with Gasteiger partial charge in [-0.15, -0.1) is 0 Å². The molecule has 0 fully saturated rings. The third-order valence-corrected chi connectivity index (χ3v) is 5.20. The van der Waals surface area contributed by atoms with E-state index in [0.717, 1.165) is 12.0 Å². The zero-order valence-electron chi connectivity index (χ0n) is 13.4. The van der Waals surface area contributed by atoms with Crippen LogP contribution in [0.4, 0.5) is 5.69 Å². The zero-order valence-corrected chi connectivity index (χ0v) is 14.3. The van der Waals surface area contributed by atoms with Gasteiger partial charge in [-0.1, -0.05) is 24.3 Å². The van der Waals surface area contributed by atoms with Crippen molar-refractivity contribution in [2.24, 2.45) is 0 Å². The largest absolute Gasteiger partial charge is 0.484 e. The number of anilines is 1. The van der Waals surface area contributed by atoms with E-state index in [1.54, 1.807) is 35.2 Å². The fourth-order valence-corrected chi connectivity index (χ4v) is 3.92. The molecule has 3 rings (SSSR count). The van der Waals surface area contributed by atoms with E-state index >= 15 is 0 Å². The average Bonchev–Trinajstić information content (AvgIpc) is 2.58. The summed E-state index contributed by atoms with van der Waals surface area (Å²) in [6.07, 6.45) is 2.58. The molecule has 1 aliphatic rings. The van der Waals surface area contributed by atoms with Crippen LogP contribution in [0.5, 0.6) is 5.75 Å². The van der Waals surface area contributed by atoms with Crippen molar-refractivity contribution in [2.45, 2.75) is 17.7 Å². The number of carbonyl (C=O) groups excluding carboxylic acids is 1. The van der Waals surface area contributed by atoms with E-state index in [4.69, 9.17) is 4.74 Å². The molecule has 0 spiro atoms. The number of ether oxygens (including phenoxy) is 1. The van der Waals surface area contributed by atoms with Gasteiger partial charge in [-0.3, -0.25) is 4.79 Å². The highest BCUT2D eigenvalue weighted by Gasteiger charge is 2.26. The Bertz CT molecular complexity index is 847. The zero-order chi connectivity index (χ0) is 17.2. The molecule has 0 saturated heterocycles. The fraction of sp³-hybridized carbons (Fsp3) is 0.278. The third kappa shape index (κ3) is 3.43. The van der Waals surface area contributed by atoms with E-state index < -0.39 is 9.84 Å². The maximum absolute atomic E-state index is 12.5. The van der Waals surface area contributed by atoms with Crippen LogP contribution >= 0.6 is 0 Å². The topological polar surface area (TPSA) is 63.7 Å². The van der Waals surface area contributed by atoms with Gasteiger partial charge in [-0.2, -0.15) is 0 Å². The van der Waals surface area contributed by atoms with Gasteiger partial charge in [0.25, 0.3) is 5.91 Å². The molecule has 2 aromatic rings. The van der Waals surface area contributed by atoms with Crippen molar-refractivity contribution in [1.29, 1.82) is 0 Å². The second-order valence-corrected chi connectivity index (χ2v) is 7.76. The number of benzene rings is 2. The summed E-state index contributed by atoms with van der Waals surface area (Å²) in [4.78, 5) is 14.5. The normalized spacial score (nSPS) is 14.1. The number of para-hydroxylation sites is 1. The second-order valence-electron chi connectivity index (χ2n) is 5.78. The molecule has 0 radical (unpaired) electrons. The van der Waals surface area contributed by atoms with Crippen LogP contribution in [0, 0.1) is 0 Å². The minimum Gasteiger partial charge on any atom is -0.484 e. The van der Waals surface area contributed by atoms with Crippen molar-refractivity contribution < 1.29 is 17.9 Å². The first-order valence-corrected chi connectivity index (χ1v) is 9.66. The third-order valence-electron chi connectivity index (χ3n) is 4.01. The molecule has 0 unspecified atom stereocenters. The first kappa shape index (κ1) is 16.5. The highest BCUT2D eigenvalue weighted by molar-refractivity contribution is 7.90. The lowest BCUT2D eigenvalue weighted by molar-refractivity contribution is -0.120. The minimum atomic E-state index is -3.32. The highest BCUT2D eigenvalue weighted by Crippen LogP contribution is 2.32. The summed E-state index contributed by atoms with van der Waals surface area (Å²) in [6, 6.07) is 14.2. The summed E-state index contributed by atoms with van der Waals surface area (Å²) in [6.45, 7) is 0.490. The summed E-state index contributed by atoms with van der Waals surface area (Å²) < 4.78 is 29.5. The number of hydrogen-bond donors (Lipinski definition) is 0. The Kier molecular flexibility index (Phi) is 4.57. The molecular weight excluding hydrogens is 326 g/mol. The van der Waals surface area contributed by atoms with E-state index in [0.29, 0.717) is 29.3 Å². The van der Waals surface area contributed by atoms with Gasteiger partial charge in [0.15, 0.2) is 16.4 Å². The Morgan fingerprint density at radius 1 is 1.12 bits per heavy atom. The predicted octanol–water partition coefficient (Wildman–Crippen LogP) is 2.45. The standard InChI is InChI=1S/C18H19NO4S/c1-24(21,22)17-11-5-10-16-15(17)9-6-12-19(16)18(20)13-23-14-7-3-2-4-8-14/h2-5,7-8,10-11H,6,9,12-13H2,1H3. The molecule has 0 aliphatic carbocycles. The average molecular weight is 345 g/mol. The van der Waals surface area contributed by atoms with Crippen molar-refractivity contribution in [2.75, 3.05) is 24.3 Å². The molecular formula is C18H19NO4S. The van der Waals surface area contributed by atoms with E-state index in [2.05, 4.69) is 0 Å². The van der Waals surface area contributed by atoms with Gasteiger partial charge in [0.1, 0.15) is 5.75 Å². The molecule has 0 saturated carbocycles. The Balaban J connectivity index is 1.83. The molecule has 1 heterocycles. The van der Waals surface area contributed by atoms with E-state index in [-0.39, 0.29) is 12.5 Å². The predicted molar refractivity (Wildman–Crippen MR) is 92.2 cm³/mol. The molecule has 1 amide bonds. The van der Waals surface area contributed by atoms with Crippen LogP contribution in [-0.2, 0) is 21.1 Å². The molecule has 0 bridgehead atoms. The molecule has 1 aliphatic heterocycles. The van der Waals surface area contributed by atoms with Crippen molar-refractivity contribution in [1.82, 2.24) is 0 Å². The molecule has 2 aromatic carbocycles. The van der Waals surface area contributed by atoms with Crippen LogP contribution in [-0.4, -0.2) is 33.7 Å². The Hall–Kier alpha value is -2.34. The number of hydrogen-bond acceptors (Lipinski definition) is 4. The number of fused-ring (bicyclic) bond motifs is 1. The van der Waals surface area contributed by atoms with Crippen LogP contribution < -0.4 is 9.64 Å². The van der Waals surface area contributed by atoms with Crippen molar-refractivity contribution in [3.05, 3.63) is 54.1 Å². The van der Waals surface area contributed by atoms with E-state index in [9.17, 15) is 13.2 Å². The summed E-state index contributed by atoms with van der Waals surface area (Å²) in [7, 11) is -3.32. The summed E-state index contributed by atoms with van der Waals surface area (Å²) in [5.74, 6) is 0.457. The first-order valence-electron chi connectivity index (χ1n) is 7.77. The molecule has 0 N–H and O–H groups in total. The number of amides is 1. The number of sulfone groups is 1. The second kappa shape index (κ2) is 6.65. The van der Waals surface area contributed by atoms with Crippen LogP contribution in [0.2, 0.25) is 0 Å². The van der Waals surface area contributed by atoms with Crippen molar-refractivity contribution >= 4 is 21.4 Å². The number of nitrogens with zero attached hydrogens (tertiary/aromatic N) is 1. The van der Waals surface area contributed by atoms with Crippen LogP contribution in [0.25, 0.3) is 0 Å². The molecule has 0 aromatic heterocycles. The molecule has 5 nitrogen and oxygen atoms in total. The van der Waals surface area contributed by atoms with Crippen LogP contribution in [0.15, 0.2) is 53.4 Å². The molecule has 6 heteroatoms. The maximum atomic E-state index is 12.5. The molecule has 0 atom stereocenters. The van der Waals surface area contributed by atoms with Gasteiger partial charge in [-0.25, -0.2) is 8.42 Å². The molecule has 24 heavy (non-hydrogen) atoms. The van der Waals surface area contributed by atoms with E-state index in [1.165, 1.54) is 6.26 Å². The summed E-state index contributed by atoms with van der Waals surface area (Å²) in [5.41, 5.74) is 1.39. The monoisotopic (exact) mass is 345 g/mol. The molecule has 126 valence electrons. The summed E-state index contributed by atoms with van der Waals surface area (Å²) >= 11 is 0. The van der Waals surface area contributed by atoms with Gasteiger partial charge in [0.2, 0.25) is 0 Å². The van der Waals surface area contributed by atoms with Gasteiger partial charge in [0.05, 0.1) is 4.90 Å².